The molecule has 3 aromatic rings. The summed E-state index contributed by atoms with van der Waals surface area (Å²) in [5.41, 5.74) is 3.37. The Kier molecular flexibility index (Phi) is 4.65. The van der Waals surface area contributed by atoms with E-state index < -0.39 is 17.8 Å². The number of nitrogens with zero attached hydrogens (tertiary/aromatic N) is 3. The first-order valence-electron chi connectivity index (χ1n) is 8.33. The number of amides is 2. The quantitative estimate of drug-likeness (QED) is 0.505. The summed E-state index contributed by atoms with van der Waals surface area (Å²) in [5.74, 6) is -0.853. The molecule has 28 heavy (non-hydrogen) atoms. The molecule has 0 fully saturated rings. The summed E-state index contributed by atoms with van der Waals surface area (Å²) >= 11 is 2.73. The average molecular weight is 414 g/mol. The number of nitrogens with one attached hydrogen (secondary N) is 1. The number of hydrogen-bond acceptors (Lipinski definition) is 9. The standard InChI is InChI=1S/C18H14N4O4S2/c1-3-26-18(25)10-8-28-16-13(10)15(19-14(20-16)11-5-4-6-27-11)21-22-12(23)7-9(2)17(22)24/h4-8H,3H2,1-2H3,(H,19,20,21). The SMILES string of the molecule is CCOC(=O)c1csc2nc(-c3cccs3)nc(NN3C(=O)C=C(C)C3=O)c12. The van der Waals surface area contributed by atoms with E-state index in [4.69, 9.17) is 4.74 Å². The maximum absolute atomic E-state index is 12.3. The van der Waals surface area contributed by atoms with Gasteiger partial charge in [-0.3, -0.25) is 15.0 Å². The van der Waals surface area contributed by atoms with E-state index in [-0.39, 0.29) is 18.0 Å². The fourth-order valence-corrected chi connectivity index (χ4v) is 4.26. The van der Waals surface area contributed by atoms with Gasteiger partial charge in [0.15, 0.2) is 11.6 Å². The minimum atomic E-state index is -0.516. The maximum atomic E-state index is 12.3. The first kappa shape index (κ1) is 18.3. The third-order valence-corrected chi connectivity index (χ3v) is 5.73. The predicted molar refractivity (Wildman–Crippen MR) is 106 cm³/mol. The van der Waals surface area contributed by atoms with E-state index in [0.717, 1.165) is 9.89 Å². The minimum Gasteiger partial charge on any atom is -0.462 e. The first-order valence-corrected chi connectivity index (χ1v) is 10.1. The third-order valence-electron chi connectivity index (χ3n) is 3.99. The smallest absolute Gasteiger partial charge is 0.339 e. The van der Waals surface area contributed by atoms with Crippen LogP contribution in [0.2, 0.25) is 0 Å². The third kappa shape index (κ3) is 3.06. The number of anilines is 1. The zero-order valence-corrected chi connectivity index (χ0v) is 16.5. The Hall–Kier alpha value is -3.11. The van der Waals surface area contributed by atoms with E-state index in [9.17, 15) is 14.4 Å². The topological polar surface area (TPSA) is 101 Å². The van der Waals surface area contributed by atoms with Crippen molar-refractivity contribution in [2.24, 2.45) is 0 Å². The fraction of sp³-hybridized carbons (Fsp3) is 0.167. The molecule has 0 saturated carbocycles. The number of imide groups is 1. The van der Waals surface area contributed by atoms with Crippen LogP contribution in [0, 0.1) is 0 Å². The number of carbonyl (C=O) groups is 3. The van der Waals surface area contributed by atoms with Crippen LogP contribution in [0.25, 0.3) is 20.9 Å². The van der Waals surface area contributed by atoms with Gasteiger partial charge in [0.1, 0.15) is 4.83 Å². The number of thiophene rings is 2. The Morgan fingerprint density at radius 2 is 2.11 bits per heavy atom. The molecule has 8 nitrogen and oxygen atoms in total. The Bertz CT molecular complexity index is 1130. The molecule has 3 aromatic heterocycles. The van der Waals surface area contributed by atoms with Crippen LogP contribution in [0.3, 0.4) is 0 Å². The lowest BCUT2D eigenvalue weighted by Crippen LogP contribution is -2.36. The van der Waals surface area contributed by atoms with Crippen molar-refractivity contribution in [3.63, 3.8) is 0 Å². The number of fused-ring (bicyclic) bond motifs is 1. The summed E-state index contributed by atoms with van der Waals surface area (Å²) < 4.78 is 5.11. The molecule has 4 heterocycles. The molecule has 0 radical (unpaired) electrons. The highest BCUT2D eigenvalue weighted by molar-refractivity contribution is 7.17. The van der Waals surface area contributed by atoms with Gasteiger partial charge in [-0.2, -0.15) is 5.01 Å². The zero-order chi connectivity index (χ0) is 19.8. The van der Waals surface area contributed by atoms with Crippen molar-refractivity contribution in [3.8, 4) is 10.7 Å². The van der Waals surface area contributed by atoms with Crippen LogP contribution in [-0.2, 0) is 14.3 Å². The number of carbonyl (C=O) groups excluding carboxylic acids is 3. The van der Waals surface area contributed by atoms with E-state index in [1.165, 1.54) is 28.7 Å². The van der Waals surface area contributed by atoms with Crippen molar-refractivity contribution in [1.82, 2.24) is 15.0 Å². The summed E-state index contributed by atoms with van der Waals surface area (Å²) in [6, 6.07) is 3.74. The molecule has 0 aliphatic carbocycles. The second-order valence-corrected chi connectivity index (χ2v) is 7.65. The van der Waals surface area contributed by atoms with Gasteiger partial charge in [0.25, 0.3) is 11.8 Å². The Labute approximate surface area is 167 Å². The van der Waals surface area contributed by atoms with E-state index in [1.807, 2.05) is 17.5 Å². The summed E-state index contributed by atoms with van der Waals surface area (Å²) in [4.78, 5) is 47.2. The van der Waals surface area contributed by atoms with Crippen LogP contribution in [0.4, 0.5) is 5.82 Å². The Morgan fingerprint density at radius 1 is 1.29 bits per heavy atom. The van der Waals surface area contributed by atoms with Crippen molar-refractivity contribution in [3.05, 3.63) is 40.1 Å². The van der Waals surface area contributed by atoms with E-state index in [2.05, 4.69) is 15.4 Å². The highest BCUT2D eigenvalue weighted by atomic mass is 32.1. The summed E-state index contributed by atoms with van der Waals surface area (Å²) in [6.45, 7) is 3.50. The van der Waals surface area contributed by atoms with Gasteiger partial charge in [0.2, 0.25) is 0 Å². The number of hydrogen-bond donors (Lipinski definition) is 1. The molecular weight excluding hydrogens is 400 g/mol. The highest BCUT2D eigenvalue weighted by Gasteiger charge is 2.31. The molecule has 0 aromatic carbocycles. The van der Waals surface area contributed by atoms with Gasteiger partial charge < -0.3 is 4.74 Å². The van der Waals surface area contributed by atoms with Crippen LogP contribution in [-0.4, -0.2) is 39.4 Å². The second kappa shape index (κ2) is 7.13. The molecule has 1 N–H and O–H groups in total. The van der Waals surface area contributed by atoms with E-state index in [0.29, 0.717) is 21.6 Å². The second-order valence-electron chi connectivity index (χ2n) is 5.84. The number of ether oxygens (including phenoxy) is 1. The van der Waals surface area contributed by atoms with Gasteiger partial charge in [-0.1, -0.05) is 6.07 Å². The van der Waals surface area contributed by atoms with Crippen LogP contribution in [0.15, 0.2) is 34.5 Å². The monoisotopic (exact) mass is 414 g/mol. The number of hydrazine groups is 1. The molecule has 10 heteroatoms. The Morgan fingerprint density at radius 3 is 2.75 bits per heavy atom. The molecule has 0 spiro atoms. The predicted octanol–water partition coefficient (Wildman–Crippen LogP) is 3.24. The molecule has 0 saturated heterocycles. The number of rotatable bonds is 5. The fourth-order valence-electron chi connectivity index (χ4n) is 2.70. The van der Waals surface area contributed by atoms with Gasteiger partial charge in [0.05, 0.1) is 22.4 Å². The minimum absolute atomic E-state index is 0.197. The molecular formula is C18H14N4O4S2. The molecule has 0 bridgehead atoms. The molecule has 4 rings (SSSR count). The molecule has 1 aliphatic rings. The summed E-state index contributed by atoms with van der Waals surface area (Å²) in [7, 11) is 0. The first-order chi connectivity index (χ1) is 13.5. The molecule has 142 valence electrons. The maximum Gasteiger partial charge on any atom is 0.339 e. The molecule has 2 amide bonds. The van der Waals surface area contributed by atoms with Gasteiger partial charge in [0, 0.05) is 17.0 Å². The van der Waals surface area contributed by atoms with Crippen LogP contribution in [0.1, 0.15) is 24.2 Å². The summed E-state index contributed by atoms with van der Waals surface area (Å²) in [5, 5.41) is 4.82. The van der Waals surface area contributed by atoms with Crippen molar-refractivity contribution in [2.75, 3.05) is 12.0 Å². The van der Waals surface area contributed by atoms with Gasteiger partial charge >= 0.3 is 5.97 Å². The van der Waals surface area contributed by atoms with Crippen molar-refractivity contribution in [1.29, 1.82) is 0 Å². The molecule has 0 unspecified atom stereocenters. The molecule has 0 atom stereocenters. The highest BCUT2D eigenvalue weighted by Crippen LogP contribution is 2.34. The zero-order valence-electron chi connectivity index (χ0n) is 14.9. The lowest BCUT2D eigenvalue weighted by molar-refractivity contribution is -0.135. The average Bonchev–Trinajstić information content (AvgIpc) is 3.38. The van der Waals surface area contributed by atoms with Crippen molar-refractivity contribution in [2.45, 2.75) is 13.8 Å². The largest absolute Gasteiger partial charge is 0.462 e. The van der Waals surface area contributed by atoms with Crippen LogP contribution >= 0.6 is 22.7 Å². The summed E-state index contributed by atoms with van der Waals surface area (Å²) in [6.07, 6.45) is 1.24. The van der Waals surface area contributed by atoms with Crippen molar-refractivity contribution >= 4 is 56.5 Å². The number of esters is 1. The van der Waals surface area contributed by atoms with E-state index >= 15 is 0 Å². The van der Waals surface area contributed by atoms with Crippen molar-refractivity contribution < 1.29 is 19.1 Å². The lowest BCUT2D eigenvalue weighted by atomic mass is 10.2. The Balaban J connectivity index is 1.85. The molecule has 1 aliphatic heterocycles. The van der Waals surface area contributed by atoms with Crippen LogP contribution < -0.4 is 5.43 Å². The van der Waals surface area contributed by atoms with Gasteiger partial charge in [-0.05, 0) is 25.3 Å². The van der Waals surface area contributed by atoms with Crippen LogP contribution in [0.5, 0.6) is 0 Å². The normalized spacial score (nSPS) is 13.9. The van der Waals surface area contributed by atoms with Gasteiger partial charge in [-0.25, -0.2) is 14.8 Å². The lowest BCUT2D eigenvalue weighted by Gasteiger charge is -2.17. The van der Waals surface area contributed by atoms with Gasteiger partial charge in [-0.15, -0.1) is 22.7 Å². The van der Waals surface area contributed by atoms with E-state index in [1.54, 1.807) is 19.2 Å². The number of aromatic nitrogens is 2.